The number of para-hydroxylation sites is 1. The fraction of sp³-hybridized carbons (Fsp3) is 0.471. The molecule has 3 heteroatoms. The van der Waals surface area contributed by atoms with Crippen LogP contribution < -0.4 is 0 Å². The SMILES string of the molecule is Cn1cc(CCCN2CCC(=O)CC2)c2ccccc21. The van der Waals surface area contributed by atoms with Gasteiger partial charge in [-0.25, -0.2) is 0 Å². The van der Waals surface area contributed by atoms with Crippen LogP contribution in [0.4, 0.5) is 0 Å². The molecule has 0 saturated carbocycles. The van der Waals surface area contributed by atoms with Gasteiger partial charge in [0.1, 0.15) is 5.78 Å². The van der Waals surface area contributed by atoms with E-state index in [9.17, 15) is 4.79 Å². The average Bonchev–Trinajstić information content (AvgIpc) is 2.79. The molecule has 3 nitrogen and oxygen atoms in total. The Hall–Kier alpha value is -1.61. The molecule has 1 saturated heterocycles. The smallest absolute Gasteiger partial charge is 0.135 e. The molecule has 0 radical (unpaired) electrons. The average molecular weight is 270 g/mol. The van der Waals surface area contributed by atoms with Crippen molar-refractivity contribution in [2.45, 2.75) is 25.7 Å². The quantitative estimate of drug-likeness (QED) is 0.853. The Morgan fingerprint density at radius 3 is 2.70 bits per heavy atom. The lowest BCUT2D eigenvalue weighted by Crippen LogP contribution is -2.34. The number of likely N-dealkylation sites (tertiary alicyclic amines) is 1. The third-order valence-corrected chi connectivity index (χ3v) is 4.31. The number of Topliss-reactive ketones (excluding diaryl/α,β-unsaturated/α-hetero) is 1. The van der Waals surface area contributed by atoms with Gasteiger partial charge in [-0.2, -0.15) is 0 Å². The highest BCUT2D eigenvalue weighted by molar-refractivity contribution is 5.83. The van der Waals surface area contributed by atoms with Gasteiger partial charge < -0.3 is 9.47 Å². The molecule has 1 aliphatic heterocycles. The van der Waals surface area contributed by atoms with Crippen LogP contribution in [0.25, 0.3) is 10.9 Å². The van der Waals surface area contributed by atoms with E-state index in [1.54, 1.807) is 0 Å². The van der Waals surface area contributed by atoms with Crippen molar-refractivity contribution >= 4 is 16.7 Å². The molecule has 0 spiro atoms. The Kier molecular flexibility index (Phi) is 3.88. The van der Waals surface area contributed by atoms with E-state index >= 15 is 0 Å². The van der Waals surface area contributed by atoms with Gasteiger partial charge in [-0.1, -0.05) is 18.2 Å². The maximum atomic E-state index is 11.2. The zero-order valence-electron chi connectivity index (χ0n) is 12.1. The minimum absolute atomic E-state index is 0.426. The predicted molar refractivity (Wildman–Crippen MR) is 81.9 cm³/mol. The van der Waals surface area contributed by atoms with Crippen LogP contribution in [0.2, 0.25) is 0 Å². The standard InChI is InChI=1S/C17H22N2O/c1-18-13-14(16-6-2-3-7-17(16)18)5-4-10-19-11-8-15(20)9-12-19/h2-3,6-7,13H,4-5,8-12H2,1H3. The topological polar surface area (TPSA) is 25.2 Å². The van der Waals surface area contributed by atoms with E-state index in [4.69, 9.17) is 0 Å². The van der Waals surface area contributed by atoms with E-state index < -0.39 is 0 Å². The molecule has 1 aromatic carbocycles. The van der Waals surface area contributed by atoms with Crippen LogP contribution in [-0.2, 0) is 18.3 Å². The Morgan fingerprint density at radius 2 is 1.90 bits per heavy atom. The van der Waals surface area contributed by atoms with E-state index in [2.05, 4.69) is 47.0 Å². The number of hydrogen-bond donors (Lipinski definition) is 0. The van der Waals surface area contributed by atoms with Crippen molar-refractivity contribution in [3.63, 3.8) is 0 Å². The molecule has 1 aliphatic rings. The number of aryl methyl sites for hydroxylation is 2. The normalized spacial score (nSPS) is 16.9. The van der Waals surface area contributed by atoms with Crippen molar-refractivity contribution in [2.75, 3.05) is 19.6 Å². The van der Waals surface area contributed by atoms with Gasteiger partial charge in [0, 0.05) is 50.1 Å². The number of hydrogen-bond acceptors (Lipinski definition) is 2. The maximum absolute atomic E-state index is 11.2. The third kappa shape index (κ3) is 2.78. The van der Waals surface area contributed by atoms with Crippen molar-refractivity contribution in [1.82, 2.24) is 9.47 Å². The number of aromatic nitrogens is 1. The molecule has 0 atom stereocenters. The highest BCUT2D eigenvalue weighted by Gasteiger charge is 2.15. The predicted octanol–water partition coefficient (Wildman–Crippen LogP) is 2.78. The molecule has 0 bridgehead atoms. The van der Waals surface area contributed by atoms with Crippen LogP contribution in [0, 0.1) is 0 Å². The number of benzene rings is 1. The largest absolute Gasteiger partial charge is 0.350 e. The Balaban J connectivity index is 1.59. The highest BCUT2D eigenvalue weighted by Crippen LogP contribution is 2.21. The first-order valence-corrected chi connectivity index (χ1v) is 7.51. The Labute approximate surface area is 120 Å². The summed E-state index contributed by atoms with van der Waals surface area (Å²) >= 11 is 0. The first-order valence-electron chi connectivity index (χ1n) is 7.51. The second-order valence-corrected chi connectivity index (χ2v) is 5.77. The number of carbonyl (C=O) groups excluding carboxylic acids is 1. The molecule has 2 heterocycles. The fourth-order valence-corrected chi connectivity index (χ4v) is 3.14. The van der Waals surface area contributed by atoms with Crippen molar-refractivity contribution < 1.29 is 4.79 Å². The van der Waals surface area contributed by atoms with Gasteiger partial charge in [-0.15, -0.1) is 0 Å². The van der Waals surface area contributed by atoms with Gasteiger partial charge in [-0.05, 0) is 31.0 Å². The summed E-state index contributed by atoms with van der Waals surface area (Å²) in [5.74, 6) is 0.426. The van der Waals surface area contributed by atoms with Gasteiger partial charge in [0.2, 0.25) is 0 Å². The fourth-order valence-electron chi connectivity index (χ4n) is 3.14. The van der Waals surface area contributed by atoms with Gasteiger partial charge in [-0.3, -0.25) is 4.79 Å². The van der Waals surface area contributed by atoms with Crippen molar-refractivity contribution in [3.05, 3.63) is 36.0 Å². The molecular formula is C17H22N2O. The summed E-state index contributed by atoms with van der Waals surface area (Å²) in [6.07, 6.45) is 6.03. The molecule has 3 rings (SSSR count). The van der Waals surface area contributed by atoms with Crippen LogP contribution in [0.5, 0.6) is 0 Å². The molecule has 2 aromatic rings. The van der Waals surface area contributed by atoms with Crippen molar-refractivity contribution in [1.29, 1.82) is 0 Å². The summed E-state index contributed by atoms with van der Waals surface area (Å²) in [6.45, 7) is 3.01. The van der Waals surface area contributed by atoms with E-state index in [0.29, 0.717) is 5.78 Å². The zero-order valence-corrected chi connectivity index (χ0v) is 12.1. The summed E-state index contributed by atoms with van der Waals surface area (Å²) in [6, 6.07) is 8.60. The monoisotopic (exact) mass is 270 g/mol. The molecule has 0 aliphatic carbocycles. The number of nitrogens with zero attached hydrogens (tertiary/aromatic N) is 2. The Bertz CT molecular complexity index is 604. The van der Waals surface area contributed by atoms with Crippen LogP contribution in [0.15, 0.2) is 30.5 Å². The van der Waals surface area contributed by atoms with Crippen LogP contribution in [0.3, 0.4) is 0 Å². The van der Waals surface area contributed by atoms with Gasteiger partial charge >= 0.3 is 0 Å². The van der Waals surface area contributed by atoms with E-state index in [1.807, 2.05) is 0 Å². The lowest BCUT2D eigenvalue weighted by atomic mass is 10.1. The number of piperidine rings is 1. The lowest BCUT2D eigenvalue weighted by Gasteiger charge is -2.25. The summed E-state index contributed by atoms with van der Waals surface area (Å²) in [4.78, 5) is 13.6. The molecule has 0 unspecified atom stereocenters. The minimum atomic E-state index is 0.426. The molecule has 1 aromatic heterocycles. The highest BCUT2D eigenvalue weighted by atomic mass is 16.1. The summed E-state index contributed by atoms with van der Waals surface area (Å²) < 4.78 is 2.21. The first-order chi connectivity index (χ1) is 9.74. The number of fused-ring (bicyclic) bond motifs is 1. The number of carbonyl (C=O) groups is 1. The number of rotatable bonds is 4. The Morgan fingerprint density at radius 1 is 1.15 bits per heavy atom. The first kappa shape index (κ1) is 13.4. The third-order valence-electron chi connectivity index (χ3n) is 4.31. The second-order valence-electron chi connectivity index (χ2n) is 5.77. The molecule has 106 valence electrons. The van der Waals surface area contributed by atoms with Crippen molar-refractivity contribution in [3.8, 4) is 0 Å². The minimum Gasteiger partial charge on any atom is -0.350 e. The molecule has 20 heavy (non-hydrogen) atoms. The second kappa shape index (κ2) is 5.80. The van der Waals surface area contributed by atoms with E-state index in [0.717, 1.165) is 38.9 Å². The summed E-state index contributed by atoms with van der Waals surface area (Å²) in [7, 11) is 2.11. The zero-order chi connectivity index (χ0) is 13.9. The van der Waals surface area contributed by atoms with E-state index in [1.165, 1.54) is 22.9 Å². The van der Waals surface area contributed by atoms with Gasteiger partial charge in [0.05, 0.1) is 0 Å². The lowest BCUT2D eigenvalue weighted by molar-refractivity contribution is -0.121. The van der Waals surface area contributed by atoms with E-state index in [-0.39, 0.29) is 0 Å². The van der Waals surface area contributed by atoms with Crippen LogP contribution in [-0.4, -0.2) is 34.9 Å². The molecular weight excluding hydrogens is 248 g/mol. The van der Waals surface area contributed by atoms with Crippen LogP contribution in [0.1, 0.15) is 24.8 Å². The van der Waals surface area contributed by atoms with Gasteiger partial charge in [0.15, 0.2) is 0 Å². The number of ketones is 1. The van der Waals surface area contributed by atoms with Crippen LogP contribution >= 0.6 is 0 Å². The summed E-state index contributed by atoms with van der Waals surface area (Å²) in [5, 5.41) is 1.38. The van der Waals surface area contributed by atoms with Gasteiger partial charge in [0.25, 0.3) is 0 Å². The molecule has 1 fully saturated rings. The van der Waals surface area contributed by atoms with Crippen molar-refractivity contribution in [2.24, 2.45) is 7.05 Å². The maximum Gasteiger partial charge on any atom is 0.135 e. The summed E-state index contributed by atoms with van der Waals surface area (Å²) in [5.41, 5.74) is 2.75. The molecule has 0 amide bonds. The molecule has 0 N–H and O–H groups in total.